The lowest BCUT2D eigenvalue weighted by Crippen LogP contribution is -2.25. The third-order valence-electron chi connectivity index (χ3n) is 5.09. The van der Waals surface area contributed by atoms with Crippen LogP contribution in [0.1, 0.15) is 50.4 Å². The molecule has 5 nitrogen and oxygen atoms in total. The highest BCUT2D eigenvalue weighted by Crippen LogP contribution is 2.29. The van der Waals surface area contributed by atoms with Gasteiger partial charge in [-0.05, 0) is 55.7 Å². The van der Waals surface area contributed by atoms with Gasteiger partial charge in [-0.1, -0.05) is 18.2 Å². The number of aromatic nitrogens is 1. The SMILES string of the molecule is Cc1csc(=NC(=O)c2cccc(C(F)(F)F)c2)n1Cc1ccc(C(=O)NC2CC2)cc1. The van der Waals surface area contributed by atoms with Crippen LogP contribution in [-0.2, 0) is 12.7 Å². The van der Waals surface area contributed by atoms with Gasteiger partial charge in [-0.2, -0.15) is 18.2 Å². The third kappa shape index (κ3) is 5.16. The van der Waals surface area contributed by atoms with Gasteiger partial charge in [0.05, 0.1) is 12.1 Å². The molecule has 0 bridgehead atoms. The van der Waals surface area contributed by atoms with E-state index in [1.165, 1.54) is 23.5 Å². The number of carbonyl (C=O) groups is 2. The van der Waals surface area contributed by atoms with Gasteiger partial charge >= 0.3 is 6.18 Å². The maximum Gasteiger partial charge on any atom is 0.416 e. The average molecular weight is 459 g/mol. The van der Waals surface area contributed by atoms with E-state index in [9.17, 15) is 22.8 Å². The molecule has 1 aliphatic carbocycles. The number of aryl methyl sites for hydroxylation is 1. The van der Waals surface area contributed by atoms with Crippen molar-refractivity contribution in [2.24, 2.45) is 4.99 Å². The Bertz CT molecular complexity index is 1220. The lowest BCUT2D eigenvalue weighted by Gasteiger charge is -2.08. The molecule has 9 heteroatoms. The monoisotopic (exact) mass is 459 g/mol. The minimum atomic E-state index is -4.53. The summed E-state index contributed by atoms with van der Waals surface area (Å²) in [5.74, 6) is -0.834. The summed E-state index contributed by atoms with van der Waals surface area (Å²) in [4.78, 5) is 29.1. The van der Waals surface area contributed by atoms with Crippen LogP contribution in [0.3, 0.4) is 0 Å². The van der Waals surface area contributed by atoms with Crippen LogP contribution in [0.2, 0.25) is 0 Å². The Balaban J connectivity index is 1.55. The van der Waals surface area contributed by atoms with Crippen LogP contribution in [0.25, 0.3) is 0 Å². The van der Waals surface area contributed by atoms with Crippen molar-refractivity contribution in [2.45, 2.75) is 38.5 Å². The molecule has 1 aromatic heterocycles. The highest BCUT2D eigenvalue weighted by Gasteiger charge is 2.31. The summed E-state index contributed by atoms with van der Waals surface area (Å²) in [6.07, 6.45) is -2.50. The molecule has 0 spiro atoms. The summed E-state index contributed by atoms with van der Waals surface area (Å²) in [7, 11) is 0. The largest absolute Gasteiger partial charge is 0.416 e. The van der Waals surface area contributed by atoms with Crippen molar-refractivity contribution >= 4 is 23.2 Å². The summed E-state index contributed by atoms with van der Waals surface area (Å²) in [6, 6.07) is 11.7. The minimum Gasteiger partial charge on any atom is -0.349 e. The van der Waals surface area contributed by atoms with Crippen molar-refractivity contribution in [2.75, 3.05) is 0 Å². The Morgan fingerprint density at radius 2 is 1.84 bits per heavy atom. The van der Waals surface area contributed by atoms with Gasteiger partial charge in [0.15, 0.2) is 4.80 Å². The molecule has 4 rings (SSSR count). The zero-order valence-corrected chi connectivity index (χ0v) is 18.0. The molecule has 0 saturated heterocycles. The quantitative estimate of drug-likeness (QED) is 0.608. The molecule has 0 aliphatic heterocycles. The van der Waals surface area contributed by atoms with E-state index < -0.39 is 17.6 Å². The second kappa shape index (κ2) is 8.74. The smallest absolute Gasteiger partial charge is 0.349 e. The molecule has 2 aromatic carbocycles. The van der Waals surface area contributed by atoms with Crippen LogP contribution in [0.5, 0.6) is 0 Å². The summed E-state index contributed by atoms with van der Waals surface area (Å²) < 4.78 is 40.6. The first-order valence-electron chi connectivity index (χ1n) is 10.0. The molecular formula is C23H20F3N3O2S. The molecule has 0 unspecified atom stereocenters. The van der Waals surface area contributed by atoms with E-state index in [4.69, 9.17) is 0 Å². The topological polar surface area (TPSA) is 63.5 Å². The van der Waals surface area contributed by atoms with Crippen molar-refractivity contribution < 1.29 is 22.8 Å². The number of nitrogens with zero attached hydrogens (tertiary/aromatic N) is 2. The van der Waals surface area contributed by atoms with E-state index in [1.54, 1.807) is 12.1 Å². The van der Waals surface area contributed by atoms with Crippen molar-refractivity contribution in [1.29, 1.82) is 0 Å². The first-order chi connectivity index (χ1) is 15.2. The van der Waals surface area contributed by atoms with Gasteiger partial charge < -0.3 is 9.88 Å². The first kappa shape index (κ1) is 22.0. The number of thiazole rings is 1. The van der Waals surface area contributed by atoms with E-state index in [0.29, 0.717) is 16.9 Å². The highest BCUT2D eigenvalue weighted by atomic mass is 32.1. The third-order valence-corrected chi connectivity index (χ3v) is 6.08. The van der Waals surface area contributed by atoms with Crippen LogP contribution in [0.15, 0.2) is 58.9 Å². The number of nitrogens with one attached hydrogen (secondary N) is 1. The van der Waals surface area contributed by atoms with Crippen molar-refractivity contribution in [3.63, 3.8) is 0 Å². The Kier molecular flexibility index (Phi) is 6.01. The Hall–Kier alpha value is -3.20. The normalized spacial score (nSPS) is 14.4. The average Bonchev–Trinajstić information content (AvgIpc) is 3.52. The van der Waals surface area contributed by atoms with Gasteiger partial charge in [-0.25, -0.2) is 0 Å². The zero-order chi connectivity index (χ0) is 22.9. The minimum absolute atomic E-state index is 0.0965. The molecule has 0 radical (unpaired) electrons. The number of benzene rings is 2. The number of amides is 2. The van der Waals surface area contributed by atoms with Crippen molar-refractivity contribution in [3.8, 4) is 0 Å². The molecule has 1 aliphatic rings. The maximum absolute atomic E-state index is 12.9. The fourth-order valence-electron chi connectivity index (χ4n) is 3.12. The lowest BCUT2D eigenvalue weighted by atomic mass is 10.1. The number of rotatable bonds is 5. The second-order valence-corrected chi connectivity index (χ2v) is 8.52. The van der Waals surface area contributed by atoms with Crippen molar-refractivity contribution in [1.82, 2.24) is 9.88 Å². The van der Waals surface area contributed by atoms with E-state index in [-0.39, 0.29) is 17.5 Å². The summed E-state index contributed by atoms with van der Waals surface area (Å²) >= 11 is 1.24. The van der Waals surface area contributed by atoms with E-state index in [0.717, 1.165) is 36.2 Å². The molecule has 1 saturated carbocycles. The van der Waals surface area contributed by atoms with Crippen LogP contribution in [0, 0.1) is 6.92 Å². The summed E-state index contributed by atoms with van der Waals surface area (Å²) in [5.41, 5.74) is 1.34. The first-order valence-corrected chi connectivity index (χ1v) is 10.9. The highest BCUT2D eigenvalue weighted by molar-refractivity contribution is 7.07. The van der Waals surface area contributed by atoms with E-state index >= 15 is 0 Å². The molecule has 2 amide bonds. The molecule has 3 aromatic rings. The Labute approximate surface area is 186 Å². The standard InChI is InChI=1S/C23H20F3N3O2S/c1-14-13-32-22(28-21(31)17-3-2-4-18(11-17)23(24,25)26)29(14)12-15-5-7-16(8-6-15)20(30)27-19-9-10-19/h2-8,11,13,19H,9-10,12H2,1H3,(H,27,30). The maximum atomic E-state index is 12.9. The van der Waals surface area contributed by atoms with E-state index in [2.05, 4.69) is 10.3 Å². The van der Waals surface area contributed by atoms with Gasteiger partial charge in [-0.3, -0.25) is 9.59 Å². The molecule has 1 fully saturated rings. The second-order valence-electron chi connectivity index (χ2n) is 7.69. The molecule has 1 N–H and O–H groups in total. The van der Waals surface area contributed by atoms with E-state index in [1.807, 2.05) is 29.0 Å². The van der Waals surface area contributed by atoms with Gasteiger partial charge in [0.25, 0.3) is 11.8 Å². The fraction of sp³-hybridized carbons (Fsp3) is 0.261. The lowest BCUT2D eigenvalue weighted by molar-refractivity contribution is -0.137. The van der Waals surface area contributed by atoms with Gasteiger partial charge in [0, 0.05) is 28.2 Å². The van der Waals surface area contributed by atoms with Crippen LogP contribution < -0.4 is 10.1 Å². The molecular weight excluding hydrogens is 439 g/mol. The van der Waals surface area contributed by atoms with Crippen LogP contribution in [0.4, 0.5) is 13.2 Å². The molecule has 166 valence electrons. The molecule has 0 atom stereocenters. The summed E-state index contributed by atoms with van der Waals surface area (Å²) in [5, 5.41) is 4.77. The van der Waals surface area contributed by atoms with Crippen LogP contribution >= 0.6 is 11.3 Å². The number of alkyl halides is 3. The van der Waals surface area contributed by atoms with Crippen molar-refractivity contribution in [3.05, 3.63) is 86.7 Å². The summed E-state index contributed by atoms with van der Waals surface area (Å²) in [6.45, 7) is 2.27. The van der Waals surface area contributed by atoms with Crippen LogP contribution in [-0.4, -0.2) is 22.4 Å². The Morgan fingerprint density at radius 3 is 2.50 bits per heavy atom. The number of hydrogen-bond donors (Lipinski definition) is 1. The molecule has 1 heterocycles. The zero-order valence-electron chi connectivity index (χ0n) is 17.1. The fourth-order valence-corrected chi connectivity index (χ4v) is 3.99. The predicted molar refractivity (Wildman–Crippen MR) is 114 cm³/mol. The van der Waals surface area contributed by atoms with Gasteiger partial charge in [0.1, 0.15) is 0 Å². The number of carbonyl (C=O) groups excluding carboxylic acids is 2. The molecule has 32 heavy (non-hydrogen) atoms. The number of halogens is 3. The van der Waals surface area contributed by atoms with Gasteiger partial charge in [0.2, 0.25) is 0 Å². The van der Waals surface area contributed by atoms with Gasteiger partial charge in [-0.15, -0.1) is 11.3 Å². The predicted octanol–water partition coefficient (Wildman–Crippen LogP) is 4.56. The Morgan fingerprint density at radius 1 is 1.12 bits per heavy atom. The number of hydrogen-bond acceptors (Lipinski definition) is 3.